The van der Waals surface area contributed by atoms with E-state index in [4.69, 9.17) is 16.3 Å². The van der Waals surface area contributed by atoms with Gasteiger partial charge >= 0.3 is 0 Å². The van der Waals surface area contributed by atoms with Crippen molar-refractivity contribution < 1.29 is 9.66 Å². The van der Waals surface area contributed by atoms with Crippen molar-refractivity contribution in [2.45, 2.75) is 13.8 Å². The Balaban J connectivity index is 2.30. The number of nitro benzene ring substituents is 1. The molecule has 0 aromatic heterocycles. The van der Waals surface area contributed by atoms with Gasteiger partial charge in [0, 0.05) is 12.1 Å². The molecule has 0 unspecified atom stereocenters. The highest BCUT2D eigenvalue weighted by molar-refractivity contribution is 6.32. The van der Waals surface area contributed by atoms with Gasteiger partial charge in [0.2, 0.25) is 0 Å². The lowest BCUT2D eigenvalue weighted by atomic mass is 10.1. The monoisotopic (exact) mass is 277 g/mol. The van der Waals surface area contributed by atoms with Crippen LogP contribution in [0.4, 0.5) is 5.69 Å². The number of benzene rings is 2. The molecule has 0 aliphatic heterocycles. The number of ether oxygens (including phenoxy) is 1. The second-order valence-electron chi connectivity index (χ2n) is 4.30. The van der Waals surface area contributed by atoms with Crippen molar-refractivity contribution in [1.82, 2.24) is 0 Å². The van der Waals surface area contributed by atoms with Crippen molar-refractivity contribution in [3.63, 3.8) is 0 Å². The minimum atomic E-state index is -0.494. The molecule has 0 saturated carbocycles. The van der Waals surface area contributed by atoms with Gasteiger partial charge in [-0.15, -0.1) is 0 Å². The van der Waals surface area contributed by atoms with Crippen LogP contribution in [-0.2, 0) is 0 Å². The average molecular weight is 278 g/mol. The zero-order valence-corrected chi connectivity index (χ0v) is 11.3. The summed E-state index contributed by atoms with van der Waals surface area (Å²) in [5.74, 6) is 1.06. The number of halogens is 1. The van der Waals surface area contributed by atoms with Crippen molar-refractivity contribution in [1.29, 1.82) is 0 Å². The molecule has 98 valence electrons. The van der Waals surface area contributed by atoms with Crippen LogP contribution < -0.4 is 4.74 Å². The normalized spacial score (nSPS) is 10.3. The Kier molecular flexibility index (Phi) is 3.71. The third kappa shape index (κ3) is 3.23. The number of rotatable bonds is 3. The van der Waals surface area contributed by atoms with Crippen LogP contribution in [0.1, 0.15) is 11.1 Å². The summed E-state index contributed by atoms with van der Waals surface area (Å²) in [6, 6.07) is 9.93. The molecule has 2 aromatic rings. The Bertz CT molecular complexity index is 620. The molecule has 2 aromatic carbocycles. The minimum absolute atomic E-state index is 0.0576. The zero-order valence-electron chi connectivity index (χ0n) is 10.5. The third-order valence-electron chi connectivity index (χ3n) is 2.55. The lowest BCUT2D eigenvalue weighted by Gasteiger charge is -2.09. The molecule has 4 nitrogen and oxygen atoms in total. The fraction of sp³-hybridized carbons (Fsp3) is 0.143. The van der Waals surface area contributed by atoms with Gasteiger partial charge < -0.3 is 4.74 Å². The molecule has 0 radical (unpaired) electrons. The van der Waals surface area contributed by atoms with E-state index in [0.29, 0.717) is 11.5 Å². The standard InChI is InChI=1S/C14H12ClNO3/c1-9-5-10(2)7-12(6-9)19-14-4-3-11(16(17)18)8-13(14)15/h3-8H,1-2H3. The Labute approximate surface area is 115 Å². The number of nitro groups is 1. The Hall–Kier alpha value is -2.07. The number of nitrogens with zero attached hydrogens (tertiary/aromatic N) is 1. The Morgan fingerprint density at radius 3 is 2.26 bits per heavy atom. The summed E-state index contributed by atoms with van der Waals surface area (Å²) in [6.45, 7) is 3.94. The summed E-state index contributed by atoms with van der Waals surface area (Å²) >= 11 is 5.97. The van der Waals surface area contributed by atoms with Crippen LogP contribution in [0.15, 0.2) is 36.4 Å². The molecule has 19 heavy (non-hydrogen) atoms. The molecular formula is C14H12ClNO3. The molecule has 0 atom stereocenters. The first-order valence-electron chi connectivity index (χ1n) is 5.66. The molecule has 0 amide bonds. The van der Waals surface area contributed by atoms with E-state index >= 15 is 0 Å². The van der Waals surface area contributed by atoms with E-state index < -0.39 is 4.92 Å². The summed E-state index contributed by atoms with van der Waals surface area (Å²) in [5.41, 5.74) is 2.10. The van der Waals surface area contributed by atoms with Gasteiger partial charge in [-0.3, -0.25) is 10.1 Å². The van der Waals surface area contributed by atoms with Gasteiger partial charge in [-0.2, -0.15) is 0 Å². The van der Waals surface area contributed by atoms with Gasteiger partial charge in [0.25, 0.3) is 5.69 Å². The largest absolute Gasteiger partial charge is 0.456 e. The van der Waals surface area contributed by atoms with E-state index in [1.54, 1.807) is 0 Å². The third-order valence-corrected chi connectivity index (χ3v) is 2.84. The zero-order chi connectivity index (χ0) is 14.0. The van der Waals surface area contributed by atoms with Crippen molar-refractivity contribution in [2.75, 3.05) is 0 Å². The first kappa shape index (κ1) is 13.4. The van der Waals surface area contributed by atoms with Gasteiger partial charge in [-0.1, -0.05) is 17.7 Å². The van der Waals surface area contributed by atoms with Crippen molar-refractivity contribution in [2.24, 2.45) is 0 Å². The number of hydrogen-bond donors (Lipinski definition) is 0. The van der Waals surface area contributed by atoms with E-state index in [-0.39, 0.29) is 10.7 Å². The van der Waals surface area contributed by atoms with Crippen molar-refractivity contribution in [3.05, 3.63) is 62.7 Å². The first-order chi connectivity index (χ1) is 8.95. The van der Waals surface area contributed by atoms with Crippen LogP contribution in [0.3, 0.4) is 0 Å². The quantitative estimate of drug-likeness (QED) is 0.606. The summed E-state index contributed by atoms with van der Waals surface area (Å²) in [7, 11) is 0. The molecule has 2 rings (SSSR count). The van der Waals surface area contributed by atoms with Crippen LogP contribution in [0.2, 0.25) is 5.02 Å². The smallest absolute Gasteiger partial charge is 0.271 e. The minimum Gasteiger partial charge on any atom is -0.456 e. The van der Waals surface area contributed by atoms with Gasteiger partial charge in [-0.25, -0.2) is 0 Å². The second kappa shape index (κ2) is 5.28. The van der Waals surface area contributed by atoms with Gasteiger partial charge in [0.15, 0.2) is 0 Å². The Morgan fingerprint density at radius 1 is 1.11 bits per heavy atom. The topological polar surface area (TPSA) is 52.4 Å². The van der Waals surface area contributed by atoms with E-state index in [9.17, 15) is 10.1 Å². The number of non-ortho nitro benzene ring substituents is 1. The summed E-state index contributed by atoms with van der Waals surface area (Å²) in [4.78, 5) is 10.1. The molecular weight excluding hydrogens is 266 g/mol. The van der Waals surface area contributed by atoms with Crippen LogP contribution in [0.5, 0.6) is 11.5 Å². The molecule has 0 N–H and O–H groups in total. The lowest BCUT2D eigenvalue weighted by Crippen LogP contribution is -1.90. The van der Waals surface area contributed by atoms with E-state index in [0.717, 1.165) is 11.1 Å². The lowest BCUT2D eigenvalue weighted by molar-refractivity contribution is -0.384. The SMILES string of the molecule is Cc1cc(C)cc(Oc2ccc([N+](=O)[O-])cc2Cl)c1. The summed E-state index contributed by atoms with van der Waals surface area (Å²) in [5, 5.41) is 10.8. The van der Waals surface area contributed by atoms with Crippen LogP contribution in [-0.4, -0.2) is 4.92 Å². The van der Waals surface area contributed by atoms with Crippen LogP contribution in [0.25, 0.3) is 0 Å². The molecule has 0 saturated heterocycles. The highest BCUT2D eigenvalue weighted by atomic mass is 35.5. The first-order valence-corrected chi connectivity index (χ1v) is 6.03. The highest BCUT2D eigenvalue weighted by Gasteiger charge is 2.11. The number of hydrogen-bond acceptors (Lipinski definition) is 3. The van der Waals surface area contributed by atoms with Gasteiger partial charge in [-0.05, 0) is 43.2 Å². The Morgan fingerprint density at radius 2 is 1.74 bits per heavy atom. The molecule has 0 fully saturated rings. The maximum Gasteiger partial charge on any atom is 0.271 e. The second-order valence-corrected chi connectivity index (χ2v) is 4.70. The molecule has 0 spiro atoms. The molecule has 0 aliphatic rings. The highest BCUT2D eigenvalue weighted by Crippen LogP contribution is 2.32. The van der Waals surface area contributed by atoms with Crippen molar-refractivity contribution >= 4 is 17.3 Å². The van der Waals surface area contributed by atoms with E-state index in [1.165, 1.54) is 18.2 Å². The molecule has 5 heteroatoms. The van der Waals surface area contributed by atoms with Gasteiger partial charge in [0.1, 0.15) is 11.5 Å². The van der Waals surface area contributed by atoms with Crippen LogP contribution >= 0.6 is 11.6 Å². The van der Waals surface area contributed by atoms with E-state index in [2.05, 4.69) is 0 Å². The van der Waals surface area contributed by atoms with Gasteiger partial charge in [0.05, 0.1) is 9.95 Å². The maximum absolute atomic E-state index is 10.6. The average Bonchev–Trinajstić information content (AvgIpc) is 2.30. The summed E-state index contributed by atoms with van der Waals surface area (Å²) < 4.78 is 5.65. The molecule has 0 heterocycles. The van der Waals surface area contributed by atoms with Crippen molar-refractivity contribution in [3.8, 4) is 11.5 Å². The predicted molar refractivity (Wildman–Crippen MR) is 74.1 cm³/mol. The van der Waals surface area contributed by atoms with E-state index in [1.807, 2.05) is 32.0 Å². The molecule has 0 bridgehead atoms. The predicted octanol–water partition coefficient (Wildman–Crippen LogP) is 4.66. The maximum atomic E-state index is 10.6. The number of aryl methyl sites for hydroxylation is 2. The molecule has 0 aliphatic carbocycles. The fourth-order valence-electron chi connectivity index (χ4n) is 1.80. The van der Waals surface area contributed by atoms with Crippen LogP contribution in [0, 0.1) is 24.0 Å². The summed E-state index contributed by atoms with van der Waals surface area (Å²) in [6.07, 6.45) is 0. The fourth-order valence-corrected chi connectivity index (χ4v) is 2.02.